The first-order valence-electron chi connectivity index (χ1n) is 8.58. The monoisotopic (exact) mass is 323 g/mol. The highest BCUT2D eigenvalue weighted by atomic mass is 14.8. The number of allylic oxidation sites excluding steroid dienone is 1. The highest BCUT2D eigenvalue weighted by Gasteiger charge is 2.27. The third-order valence-corrected chi connectivity index (χ3v) is 4.62. The second-order valence-corrected chi connectivity index (χ2v) is 6.57. The van der Waals surface area contributed by atoms with E-state index >= 15 is 0 Å². The van der Waals surface area contributed by atoms with Crippen molar-refractivity contribution in [3.8, 4) is 0 Å². The van der Waals surface area contributed by atoms with E-state index in [1.54, 1.807) is 12.4 Å². The molecule has 0 bridgehead atoms. The van der Waals surface area contributed by atoms with Gasteiger partial charge in [0.15, 0.2) is 0 Å². The number of nitrogens with two attached hydrogens (primary N) is 2. The van der Waals surface area contributed by atoms with Crippen LogP contribution in [0.4, 0.5) is 0 Å². The standard InChI is InChI=1S/C19H25N5/c1-13-4-5-17-18(7-13)24-19(12-23-17)15(10-21)11-22-16-8-14(9-16)3-2-6-20/h4-5,7,10-12,14,16H,2-3,6,8-9,20-21H2,1H3. The van der Waals surface area contributed by atoms with E-state index in [0.717, 1.165) is 54.0 Å². The fourth-order valence-corrected chi connectivity index (χ4v) is 3.11. The van der Waals surface area contributed by atoms with Crippen LogP contribution in [0.15, 0.2) is 35.6 Å². The van der Waals surface area contributed by atoms with Gasteiger partial charge in [0.1, 0.15) is 0 Å². The van der Waals surface area contributed by atoms with Crippen LogP contribution in [0, 0.1) is 12.8 Å². The molecule has 5 nitrogen and oxygen atoms in total. The quantitative estimate of drug-likeness (QED) is 0.800. The molecule has 1 aromatic heterocycles. The van der Waals surface area contributed by atoms with Crippen molar-refractivity contribution in [3.05, 3.63) is 41.9 Å². The molecule has 0 atom stereocenters. The van der Waals surface area contributed by atoms with Crippen LogP contribution in [0.2, 0.25) is 0 Å². The Morgan fingerprint density at radius 3 is 2.92 bits per heavy atom. The van der Waals surface area contributed by atoms with Gasteiger partial charge in [-0.2, -0.15) is 0 Å². The second-order valence-electron chi connectivity index (χ2n) is 6.57. The molecular formula is C19H25N5. The molecule has 0 aliphatic heterocycles. The number of rotatable bonds is 6. The van der Waals surface area contributed by atoms with Gasteiger partial charge in [0.25, 0.3) is 0 Å². The lowest BCUT2D eigenvalue weighted by molar-refractivity contribution is 0.249. The molecule has 0 radical (unpaired) electrons. The molecule has 1 saturated carbocycles. The maximum Gasteiger partial charge on any atom is 0.0922 e. The summed E-state index contributed by atoms with van der Waals surface area (Å²) in [7, 11) is 0. The van der Waals surface area contributed by atoms with Gasteiger partial charge in [0.05, 0.1) is 29.0 Å². The van der Waals surface area contributed by atoms with Gasteiger partial charge in [-0.25, -0.2) is 4.98 Å². The van der Waals surface area contributed by atoms with E-state index in [0.29, 0.717) is 6.04 Å². The molecule has 1 aromatic carbocycles. The molecule has 1 fully saturated rings. The predicted octanol–water partition coefficient (Wildman–Crippen LogP) is 2.83. The minimum Gasteiger partial charge on any atom is -0.404 e. The van der Waals surface area contributed by atoms with E-state index in [2.05, 4.69) is 15.0 Å². The first-order chi connectivity index (χ1) is 11.7. The number of fused-ring (bicyclic) bond motifs is 1. The highest BCUT2D eigenvalue weighted by molar-refractivity contribution is 6.09. The number of benzene rings is 1. The van der Waals surface area contributed by atoms with Crippen molar-refractivity contribution >= 4 is 22.8 Å². The van der Waals surface area contributed by atoms with Crippen LogP contribution in [0.5, 0.6) is 0 Å². The van der Waals surface area contributed by atoms with E-state index in [1.807, 2.05) is 31.3 Å². The zero-order valence-corrected chi connectivity index (χ0v) is 14.2. The molecule has 126 valence electrons. The number of hydrogen-bond acceptors (Lipinski definition) is 5. The van der Waals surface area contributed by atoms with E-state index < -0.39 is 0 Å². The minimum absolute atomic E-state index is 0.401. The Bertz CT molecular complexity index is 759. The fourth-order valence-electron chi connectivity index (χ4n) is 3.11. The normalized spacial score (nSPS) is 21.3. The minimum atomic E-state index is 0.401. The van der Waals surface area contributed by atoms with Gasteiger partial charge in [-0.15, -0.1) is 0 Å². The first kappa shape index (κ1) is 16.6. The summed E-state index contributed by atoms with van der Waals surface area (Å²) in [5, 5.41) is 0. The second kappa shape index (κ2) is 7.53. The van der Waals surface area contributed by atoms with Gasteiger partial charge in [0.2, 0.25) is 0 Å². The number of nitrogens with zero attached hydrogens (tertiary/aromatic N) is 3. The summed E-state index contributed by atoms with van der Waals surface area (Å²) >= 11 is 0. The first-order valence-corrected chi connectivity index (χ1v) is 8.58. The zero-order valence-electron chi connectivity index (χ0n) is 14.2. The molecular weight excluding hydrogens is 298 g/mol. The summed E-state index contributed by atoms with van der Waals surface area (Å²) in [6, 6.07) is 6.45. The molecule has 5 heteroatoms. The summed E-state index contributed by atoms with van der Waals surface area (Å²) in [5.41, 5.74) is 15.9. The lowest BCUT2D eigenvalue weighted by atomic mass is 9.78. The van der Waals surface area contributed by atoms with Crippen LogP contribution in [0.25, 0.3) is 16.6 Å². The van der Waals surface area contributed by atoms with Crippen molar-refractivity contribution in [2.45, 2.75) is 38.6 Å². The topological polar surface area (TPSA) is 90.2 Å². The van der Waals surface area contributed by atoms with Crippen molar-refractivity contribution < 1.29 is 0 Å². The molecule has 2 aromatic rings. The number of aromatic nitrogens is 2. The van der Waals surface area contributed by atoms with Crippen molar-refractivity contribution in [1.29, 1.82) is 0 Å². The Morgan fingerprint density at radius 2 is 2.17 bits per heavy atom. The van der Waals surface area contributed by atoms with Gasteiger partial charge in [-0.1, -0.05) is 6.07 Å². The van der Waals surface area contributed by atoms with Gasteiger partial charge in [-0.3, -0.25) is 9.98 Å². The molecule has 3 rings (SSSR count). The Labute approximate surface area is 142 Å². The highest BCUT2D eigenvalue weighted by Crippen LogP contribution is 2.33. The van der Waals surface area contributed by atoms with Gasteiger partial charge in [0, 0.05) is 18.0 Å². The molecule has 0 unspecified atom stereocenters. The average molecular weight is 323 g/mol. The summed E-state index contributed by atoms with van der Waals surface area (Å²) in [4.78, 5) is 13.8. The largest absolute Gasteiger partial charge is 0.404 e. The van der Waals surface area contributed by atoms with Crippen molar-refractivity contribution in [2.75, 3.05) is 6.54 Å². The zero-order chi connectivity index (χ0) is 16.9. The van der Waals surface area contributed by atoms with Crippen molar-refractivity contribution in [1.82, 2.24) is 9.97 Å². The Balaban J connectivity index is 1.68. The number of aryl methyl sites for hydroxylation is 1. The smallest absolute Gasteiger partial charge is 0.0922 e. The Hall–Kier alpha value is -2.27. The van der Waals surface area contributed by atoms with Crippen LogP contribution >= 0.6 is 0 Å². The van der Waals surface area contributed by atoms with E-state index in [9.17, 15) is 0 Å². The molecule has 1 aliphatic rings. The van der Waals surface area contributed by atoms with Crippen LogP contribution in [0.3, 0.4) is 0 Å². The van der Waals surface area contributed by atoms with Crippen LogP contribution in [0.1, 0.15) is 36.9 Å². The van der Waals surface area contributed by atoms with Gasteiger partial charge < -0.3 is 11.5 Å². The van der Waals surface area contributed by atoms with Crippen molar-refractivity contribution in [3.63, 3.8) is 0 Å². The number of hydrogen-bond donors (Lipinski definition) is 2. The molecule has 0 spiro atoms. The lowest BCUT2D eigenvalue weighted by Gasteiger charge is -2.32. The maximum absolute atomic E-state index is 5.78. The summed E-state index contributed by atoms with van der Waals surface area (Å²) in [6.07, 6.45) is 9.79. The Morgan fingerprint density at radius 1 is 1.33 bits per heavy atom. The SMILES string of the molecule is Cc1ccc2ncc(C(C=NC3CC(CCCN)C3)=CN)nc2c1. The third-order valence-electron chi connectivity index (χ3n) is 4.62. The molecule has 1 heterocycles. The van der Waals surface area contributed by atoms with Crippen LogP contribution in [-0.2, 0) is 0 Å². The summed E-state index contributed by atoms with van der Waals surface area (Å²) < 4.78 is 0. The van der Waals surface area contributed by atoms with E-state index in [1.165, 1.54) is 12.0 Å². The lowest BCUT2D eigenvalue weighted by Crippen LogP contribution is -2.27. The number of aliphatic imine (C=N–C) groups is 1. The molecule has 1 aliphatic carbocycles. The van der Waals surface area contributed by atoms with E-state index in [-0.39, 0.29) is 0 Å². The van der Waals surface area contributed by atoms with Gasteiger partial charge >= 0.3 is 0 Å². The third kappa shape index (κ3) is 3.79. The summed E-state index contributed by atoms with van der Waals surface area (Å²) in [6.45, 7) is 2.83. The Kier molecular flexibility index (Phi) is 5.20. The van der Waals surface area contributed by atoms with E-state index in [4.69, 9.17) is 11.5 Å². The molecule has 0 saturated heterocycles. The van der Waals surface area contributed by atoms with Crippen LogP contribution in [-0.4, -0.2) is 28.8 Å². The fraction of sp³-hybridized carbons (Fsp3) is 0.421. The maximum atomic E-state index is 5.78. The molecule has 0 amide bonds. The molecule has 24 heavy (non-hydrogen) atoms. The predicted molar refractivity (Wildman–Crippen MR) is 99.7 cm³/mol. The van der Waals surface area contributed by atoms with Crippen LogP contribution < -0.4 is 11.5 Å². The van der Waals surface area contributed by atoms with Crippen molar-refractivity contribution in [2.24, 2.45) is 22.4 Å². The average Bonchev–Trinajstić information content (AvgIpc) is 2.55. The van der Waals surface area contributed by atoms with Gasteiger partial charge in [-0.05, 0) is 62.8 Å². The summed E-state index contributed by atoms with van der Waals surface area (Å²) in [5.74, 6) is 0.782. The molecule has 4 N–H and O–H groups in total.